The van der Waals surface area contributed by atoms with Crippen LogP contribution in [0.3, 0.4) is 0 Å². The minimum atomic E-state index is -0.305. The molecule has 3 atom stereocenters. The summed E-state index contributed by atoms with van der Waals surface area (Å²) in [6, 6.07) is -0.305. The fourth-order valence-corrected chi connectivity index (χ4v) is 2.10. The van der Waals surface area contributed by atoms with Gasteiger partial charge in [-0.3, -0.25) is 4.79 Å². The van der Waals surface area contributed by atoms with Crippen LogP contribution in [0, 0.1) is 11.8 Å². The largest absolute Gasteiger partial charge is 0.341 e. The van der Waals surface area contributed by atoms with Crippen LogP contribution in [0.1, 0.15) is 40.0 Å². The lowest BCUT2D eigenvalue weighted by Gasteiger charge is -2.33. The van der Waals surface area contributed by atoms with Gasteiger partial charge in [-0.25, -0.2) is 0 Å². The fraction of sp³-hybridized carbons (Fsp3) is 0.917. The van der Waals surface area contributed by atoms with Crippen molar-refractivity contribution in [3.63, 3.8) is 0 Å². The van der Waals surface area contributed by atoms with Crippen molar-refractivity contribution in [2.45, 2.75) is 46.1 Å². The number of amides is 1. The number of carbonyl (C=O) groups is 1. The molecule has 0 aromatic carbocycles. The third kappa shape index (κ3) is 3.20. The number of piperidine rings is 1. The first-order chi connectivity index (χ1) is 7.06. The SMILES string of the molecule is CC[C@H](C)[C@H](N)C(=O)N1CCCC(C)C1. The van der Waals surface area contributed by atoms with E-state index in [2.05, 4.69) is 20.8 Å². The van der Waals surface area contributed by atoms with Gasteiger partial charge in [0.25, 0.3) is 0 Å². The first kappa shape index (κ1) is 12.5. The van der Waals surface area contributed by atoms with Crippen molar-refractivity contribution in [2.24, 2.45) is 17.6 Å². The van der Waals surface area contributed by atoms with E-state index in [9.17, 15) is 4.79 Å². The molecule has 0 aliphatic carbocycles. The Morgan fingerprint density at radius 1 is 1.60 bits per heavy atom. The Kier molecular flexibility index (Phi) is 4.58. The molecule has 3 nitrogen and oxygen atoms in total. The molecule has 88 valence electrons. The molecule has 0 bridgehead atoms. The molecular formula is C12H24N2O. The summed E-state index contributed by atoms with van der Waals surface area (Å²) in [7, 11) is 0. The van der Waals surface area contributed by atoms with E-state index in [1.807, 2.05) is 4.90 Å². The number of hydrogen-bond donors (Lipinski definition) is 1. The molecule has 0 saturated carbocycles. The third-order valence-corrected chi connectivity index (χ3v) is 3.51. The van der Waals surface area contributed by atoms with Crippen molar-refractivity contribution in [2.75, 3.05) is 13.1 Å². The third-order valence-electron chi connectivity index (χ3n) is 3.51. The number of hydrogen-bond acceptors (Lipinski definition) is 2. The molecule has 2 N–H and O–H groups in total. The normalized spacial score (nSPS) is 26.1. The van der Waals surface area contributed by atoms with Crippen LogP contribution in [0.5, 0.6) is 0 Å². The Bertz CT molecular complexity index is 218. The second kappa shape index (κ2) is 5.50. The molecule has 1 fully saturated rings. The summed E-state index contributed by atoms with van der Waals surface area (Å²) in [6.07, 6.45) is 3.33. The van der Waals surface area contributed by atoms with Gasteiger partial charge in [0.1, 0.15) is 0 Å². The molecule has 0 aromatic heterocycles. The van der Waals surface area contributed by atoms with Gasteiger partial charge in [0.2, 0.25) is 5.91 Å². The topological polar surface area (TPSA) is 46.3 Å². The van der Waals surface area contributed by atoms with Crippen LogP contribution in [-0.2, 0) is 4.79 Å². The predicted octanol–water partition coefficient (Wildman–Crippen LogP) is 1.62. The van der Waals surface area contributed by atoms with Gasteiger partial charge in [0.15, 0.2) is 0 Å². The Hall–Kier alpha value is -0.570. The summed E-state index contributed by atoms with van der Waals surface area (Å²) in [5, 5.41) is 0. The summed E-state index contributed by atoms with van der Waals surface area (Å²) in [5.74, 6) is 1.07. The van der Waals surface area contributed by atoms with E-state index in [0.717, 1.165) is 25.9 Å². The monoisotopic (exact) mass is 212 g/mol. The molecule has 3 heteroatoms. The van der Waals surface area contributed by atoms with E-state index in [-0.39, 0.29) is 17.9 Å². The van der Waals surface area contributed by atoms with E-state index in [1.54, 1.807) is 0 Å². The van der Waals surface area contributed by atoms with Crippen LogP contribution in [0.25, 0.3) is 0 Å². The van der Waals surface area contributed by atoms with E-state index >= 15 is 0 Å². The maximum absolute atomic E-state index is 12.0. The average Bonchev–Trinajstić information content (AvgIpc) is 2.26. The van der Waals surface area contributed by atoms with Gasteiger partial charge in [-0.1, -0.05) is 27.2 Å². The summed E-state index contributed by atoms with van der Waals surface area (Å²) in [4.78, 5) is 14.0. The fourth-order valence-electron chi connectivity index (χ4n) is 2.10. The van der Waals surface area contributed by atoms with Crippen molar-refractivity contribution in [3.8, 4) is 0 Å². The quantitative estimate of drug-likeness (QED) is 0.772. The predicted molar refractivity (Wildman–Crippen MR) is 62.4 cm³/mol. The molecule has 1 rings (SSSR count). The zero-order chi connectivity index (χ0) is 11.4. The van der Waals surface area contributed by atoms with Crippen molar-refractivity contribution in [1.82, 2.24) is 4.90 Å². The molecule has 1 amide bonds. The maximum atomic E-state index is 12.0. The number of nitrogens with two attached hydrogens (primary N) is 1. The lowest BCUT2D eigenvalue weighted by molar-refractivity contribution is -0.135. The highest BCUT2D eigenvalue weighted by Crippen LogP contribution is 2.17. The van der Waals surface area contributed by atoms with Gasteiger partial charge >= 0.3 is 0 Å². The molecule has 1 saturated heterocycles. The van der Waals surface area contributed by atoms with Crippen molar-refractivity contribution in [3.05, 3.63) is 0 Å². The zero-order valence-electron chi connectivity index (χ0n) is 10.2. The number of rotatable bonds is 3. The molecule has 1 aliphatic rings. The van der Waals surface area contributed by atoms with E-state index < -0.39 is 0 Å². The Morgan fingerprint density at radius 2 is 2.27 bits per heavy atom. The van der Waals surface area contributed by atoms with Crippen LogP contribution in [0.4, 0.5) is 0 Å². The highest BCUT2D eigenvalue weighted by Gasteiger charge is 2.27. The van der Waals surface area contributed by atoms with Crippen LogP contribution < -0.4 is 5.73 Å². The smallest absolute Gasteiger partial charge is 0.239 e. The zero-order valence-corrected chi connectivity index (χ0v) is 10.2. The molecule has 1 unspecified atom stereocenters. The van der Waals surface area contributed by atoms with Gasteiger partial charge in [-0.15, -0.1) is 0 Å². The molecule has 0 aromatic rings. The lowest BCUT2D eigenvalue weighted by atomic mass is 9.95. The maximum Gasteiger partial charge on any atom is 0.239 e. The van der Waals surface area contributed by atoms with Gasteiger partial charge in [-0.2, -0.15) is 0 Å². The molecule has 15 heavy (non-hydrogen) atoms. The van der Waals surface area contributed by atoms with Gasteiger partial charge in [0, 0.05) is 13.1 Å². The number of likely N-dealkylation sites (tertiary alicyclic amines) is 1. The minimum absolute atomic E-state index is 0.149. The summed E-state index contributed by atoms with van der Waals surface area (Å²) >= 11 is 0. The van der Waals surface area contributed by atoms with Gasteiger partial charge in [-0.05, 0) is 24.7 Å². The summed E-state index contributed by atoms with van der Waals surface area (Å²) in [5.41, 5.74) is 5.96. The van der Waals surface area contributed by atoms with Crippen LogP contribution in [0.2, 0.25) is 0 Å². The first-order valence-corrected chi connectivity index (χ1v) is 6.10. The van der Waals surface area contributed by atoms with E-state index in [4.69, 9.17) is 5.73 Å². The Morgan fingerprint density at radius 3 is 2.80 bits per heavy atom. The molecule has 0 spiro atoms. The second-order valence-corrected chi connectivity index (χ2v) is 4.94. The van der Waals surface area contributed by atoms with Crippen LogP contribution in [-0.4, -0.2) is 29.9 Å². The summed E-state index contributed by atoms with van der Waals surface area (Å²) < 4.78 is 0. The lowest BCUT2D eigenvalue weighted by Crippen LogP contribution is -2.50. The minimum Gasteiger partial charge on any atom is -0.341 e. The highest BCUT2D eigenvalue weighted by molar-refractivity contribution is 5.82. The highest BCUT2D eigenvalue weighted by atomic mass is 16.2. The van der Waals surface area contributed by atoms with Crippen LogP contribution >= 0.6 is 0 Å². The number of carbonyl (C=O) groups excluding carboxylic acids is 1. The van der Waals surface area contributed by atoms with E-state index in [0.29, 0.717) is 5.92 Å². The van der Waals surface area contributed by atoms with Crippen molar-refractivity contribution >= 4 is 5.91 Å². The molecular weight excluding hydrogens is 188 g/mol. The second-order valence-electron chi connectivity index (χ2n) is 4.94. The molecule has 1 aliphatic heterocycles. The molecule has 1 heterocycles. The average molecular weight is 212 g/mol. The standard InChI is InChI=1S/C12H24N2O/c1-4-10(3)11(13)12(15)14-7-5-6-9(2)8-14/h9-11H,4-8,13H2,1-3H3/t9?,10-,11-/m0/s1. The van der Waals surface area contributed by atoms with Crippen molar-refractivity contribution < 1.29 is 4.79 Å². The van der Waals surface area contributed by atoms with Gasteiger partial charge < -0.3 is 10.6 Å². The summed E-state index contributed by atoms with van der Waals surface area (Å²) in [6.45, 7) is 8.12. The Labute approximate surface area is 93.0 Å². The van der Waals surface area contributed by atoms with Gasteiger partial charge in [0.05, 0.1) is 6.04 Å². The first-order valence-electron chi connectivity index (χ1n) is 6.10. The Balaban J connectivity index is 2.51. The van der Waals surface area contributed by atoms with Crippen LogP contribution in [0.15, 0.2) is 0 Å². The molecule has 0 radical (unpaired) electrons. The number of nitrogens with zero attached hydrogens (tertiary/aromatic N) is 1. The van der Waals surface area contributed by atoms with E-state index in [1.165, 1.54) is 6.42 Å². The van der Waals surface area contributed by atoms with Crippen molar-refractivity contribution in [1.29, 1.82) is 0 Å².